The Morgan fingerprint density at radius 2 is 1.72 bits per heavy atom. The molecule has 1 aromatic heterocycles. The molecule has 1 fully saturated rings. The van der Waals surface area contributed by atoms with Crippen LogP contribution in [0.25, 0.3) is 5.69 Å². The van der Waals surface area contributed by atoms with E-state index in [4.69, 9.17) is 0 Å². The molecule has 2 aliphatic heterocycles. The van der Waals surface area contributed by atoms with E-state index in [1.807, 2.05) is 37.8 Å². The minimum atomic E-state index is -0.999. The van der Waals surface area contributed by atoms with Crippen LogP contribution < -0.4 is 20.8 Å². The average molecular weight is 541 g/mol. The number of para-hydroxylation sites is 1. The molecule has 3 heterocycles. The highest BCUT2D eigenvalue weighted by Gasteiger charge is 2.40. The number of nitrogens with one attached hydrogen (secondary N) is 1. The van der Waals surface area contributed by atoms with Gasteiger partial charge in [-0.3, -0.25) is 14.6 Å². The van der Waals surface area contributed by atoms with Crippen molar-refractivity contribution in [2.75, 3.05) is 35.4 Å². The van der Waals surface area contributed by atoms with Gasteiger partial charge in [0.05, 0.1) is 23.1 Å². The minimum Gasteiger partial charge on any atom is -0.369 e. The number of nitrogens with zero attached hydrogens (tertiary/aromatic N) is 5. The number of amides is 1. The van der Waals surface area contributed by atoms with E-state index in [0.29, 0.717) is 16.3 Å². The van der Waals surface area contributed by atoms with E-state index in [2.05, 4.69) is 22.2 Å². The number of hydrogen-bond acceptors (Lipinski definition) is 6. The molecule has 1 amide bonds. The van der Waals surface area contributed by atoms with E-state index < -0.39 is 34.6 Å². The predicted octanol–water partition coefficient (Wildman–Crippen LogP) is 4.88. The first-order chi connectivity index (χ1) is 18.5. The fourth-order valence-electron chi connectivity index (χ4n) is 5.58. The summed E-state index contributed by atoms with van der Waals surface area (Å²) < 4.78 is 45.0. The molecule has 0 aliphatic carbocycles. The van der Waals surface area contributed by atoms with Gasteiger partial charge in [0.15, 0.2) is 11.6 Å². The van der Waals surface area contributed by atoms with Gasteiger partial charge in [0, 0.05) is 43.9 Å². The summed E-state index contributed by atoms with van der Waals surface area (Å²) in [6.07, 6.45) is 0.957. The molecular weight excluding hydrogens is 509 g/mol. The van der Waals surface area contributed by atoms with E-state index in [0.717, 1.165) is 55.0 Å². The van der Waals surface area contributed by atoms with Crippen molar-refractivity contribution < 1.29 is 18.0 Å². The quantitative estimate of drug-likeness (QED) is 0.497. The number of aromatic nitrogens is 2. The molecule has 8 nitrogen and oxygen atoms in total. The SMILES string of the molecule is CC1c2c(N3CC[C@H](C)C3)c(NC(=O)c3ccc(=O)n(-c4c(F)cccc4F)n3)cc(F)c2N(C(C)C)N1C. The van der Waals surface area contributed by atoms with Crippen LogP contribution in [0.15, 0.2) is 41.2 Å². The third kappa shape index (κ3) is 4.54. The normalized spacial score (nSPS) is 19.2. The number of halogens is 3. The number of anilines is 3. The molecule has 1 saturated heterocycles. The number of hydrazine groups is 1. The van der Waals surface area contributed by atoms with Crippen molar-refractivity contribution in [1.29, 1.82) is 0 Å². The maximum atomic E-state index is 15.7. The zero-order valence-electron chi connectivity index (χ0n) is 22.5. The van der Waals surface area contributed by atoms with Crippen LogP contribution in [-0.2, 0) is 0 Å². The monoisotopic (exact) mass is 540 g/mol. The molecule has 0 bridgehead atoms. The summed E-state index contributed by atoms with van der Waals surface area (Å²) in [5.41, 5.74) is 0.520. The fraction of sp³-hybridized carbons (Fsp3) is 0.393. The van der Waals surface area contributed by atoms with Gasteiger partial charge >= 0.3 is 0 Å². The molecule has 206 valence electrons. The summed E-state index contributed by atoms with van der Waals surface area (Å²) in [6.45, 7) is 9.61. The maximum Gasteiger partial charge on any atom is 0.276 e. The van der Waals surface area contributed by atoms with Crippen LogP contribution >= 0.6 is 0 Å². The molecule has 0 radical (unpaired) electrons. The second kappa shape index (κ2) is 10.0. The summed E-state index contributed by atoms with van der Waals surface area (Å²) in [5, 5.41) is 10.6. The molecule has 39 heavy (non-hydrogen) atoms. The standard InChI is InChI=1S/C28H31F3N6O2/c1-15(2)37-26-20(31)13-22(27(24(26)17(4)34(37)5)35-12-11-16(3)14-35)32-28(39)21-9-10-23(38)36(33-21)25-18(29)7-6-8-19(25)30/h6-10,13,15-17H,11-12,14H2,1-5H3,(H,32,39)/t16-,17?/m0/s1. The van der Waals surface area contributed by atoms with Crippen LogP contribution in [0.3, 0.4) is 0 Å². The molecule has 11 heteroatoms. The van der Waals surface area contributed by atoms with Gasteiger partial charge in [-0.1, -0.05) is 13.0 Å². The van der Waals surface area contributed by atoms with Crippen molar-refractivity contribution in [2.24, 2.45) is 5.92 Å². The lowest BCUT2D eigenvalue weighted by molar-refractivity contribution is 0.102. The zero-order valence-corrected chi connectivity index (χ0v) is 22.5. The second-order valence-electron chi connectivity index (χ2n) is 10.5. The third-order valence-corrected chi connectivity index (χ3v) is 7.47. The Kier molecular flexibility index (Phi) is 6.88. The Balaban J connectivity index is 1.60. The number of benzene rings is 2. The zero-order chi connectivity index (χ0) is 28.2. The number of carbonyl (C=O) groups excluding carboxylic acids is 1. The van der Waals surface area contributed by atoms with Crippen LogP contribution in [0.4, 0.5) is 30.2 Å². The Bertz CT molecular complexity index is 1490. The van der Waals surface area contributed by atoms with Crippen molar-refractivity contribution in [2.45, 2.75) is 46.2 Å². The molecule has 0 saturated carbocycles. The Morgan fingerprint density at radius 1 is 1.03 bits per heavy atom. The Hall–Kier alpha value is -3.86. The van der Waals surface area contributed by atoms with E-state index in [9.17, 15) is 18.4 Å². The van der Waals surface area contributed by atoms with Crippen molar-refractivity contribution in [3.05, 3.63) is 75.5 Å². The van der Waals surface area contributed by atoms with Gasteiger partial charge in [-0.05, 0) is 51.3 Å². The lowest BCUT2D eigenvalue weighted by Crippen LogP contribution is -2.41. The molecule has 2 aromatic carbocycles. The second-order valence-corrected chi connectivity index (χ2v) is 10.5. The topological polar surface area (TPSA) is 73.7 Å². The molecule has 1 unspecified atom stereocenters. The largest absolute Gasteiger partial charge is 0.369 e. The first-order valence-corrected chi connectivity index (χ1v) is 13.0. The van der Waals surface area contributed by atoms with E-state index in [1.165, 1.54) is 12.1 Å². The molecule has 3 aromatic rings. The van der Waals surface area contributed by atoms with Crippen LogP contribution in [-0.4, -0.2) is 46.9 Å². The molecule has 2 atom stereocenters. The summed E-state index contributed by atoms with van der Waals surface area (Å²) in [7, 11) is 1.91. The minimum absolute atomic E-state index is 0.00280. The van der Waals surface area contributed by atoms with Crippen molar-refractivity contribution in [1.82, 2.24) is 14.8 Å². The van der Waals surface area contributed by atoms with Gasteiger partial charge in [0.25, 0.3) is 11.5 Å². The molecule has 2 aliphatic rings. The highest BCUT2D eigenvalue weighted by Crippen LogP contribution is 2.50. The van der Waals surface area contributed by atoms with Gasteiger partial charge in [0.1, 0.15) is 17.2 Å². The first-order valence-electron chi connectivity index (χ1n) is 13.0. The van der Waals surface area contributed by atoms with Gasteiger partial charge in [-0.25, -0.2) is 18.2 Å². The highest BCUT2D eigenvalue weighted by molar-refractivity contribution is 6.05. The third-order valence-electron chi connectivity index (χ3n) is 7.47. The van der Waals surface area contributed by atoms with Gasteiger partial charge in [-0.15, -0.1) is 0 Å². The van der Waals surface area contributed by atoms with Crippen LogP contribution in [0.5, 0.6) is 0 Å². The fourth-order valence-corrected chi connectivity index (χ4v) is 5.58. The summed E-state index contributed by atoms with van der Waals surface area (Å²) in [5.74, 6) is -2.80. The number of fused-ring (bicyclic) bond motifs is 1. The highest BCUT2D eigenvalue weighted by atomic mass is 19.1. The summed E-state index contributed by atoms with van der Waals surface area (Å²) in [4.78, 5) is 28.0. The van der Waals surface area contributed by atoms with Crippen molar-refractivity contribution in [3.8, 4) is 5.69 Å². The van der Waals surface area contributed by atoms with Crippen molar-refractivity contribution in [3.63, 3.8) is 0 Å². The van der Waals surface area contributed by atoms with E-state index >= 15 is 4.39 Å². The van der Waals surface area contributed by atoms with E-state index in [-0.39, 0.29) is 23.5 Å². The molecule has 0 spiro atoms. The average Bonchev–Trinajstić information content (AvgIpc) is 3.41. The molecule has 5 rings (SSSR count). The lowest BCUT2D eigenvalue weighted by atomic mass is 10.0. The predicted molar refractivity (Wildman–Crippen MR) is 144 cm³/mol. The first kappa shape index (κ1) is 26.7. The number of rotatable bonds is 5. The smallest absolute Gasteiger partial charge is 0.276 e. The number of hydrogen-bond donors (Lipinski definition) is 1. The van der Waals surface area contributed by atoms with Crippen molar-refractivity contribution >= 4 is 23.0 Å². The molecule has 1 N–H and O–H groups in total. The maximum absolute atomic E-state index is 15.7. The van der Waals surface area contributed by atoms with E-state index in [1.54, 1.807) is 0 Å². The Morgan fingerprint density at radius 3 is 2.33 bits per heavy atom. The lowest BCUT2D eigenvalue weighted by Gasteiger charge is -2.32. The number of carbonyl (C=O) groups is 1. The van der Waals surface area contributed by atoms with Crippen LogP contribution in [0.1, 0.15) is 56.2 Å². The Labute approximate surface area is 224 Å². The summed E-state index contributed by atoms with van der Waals surface area (Å²) in [6, 6.07) is 6.48. The van der Waals surface area contributed by atoms with Gasteiger partial charge in [0.2, 0.25) is 0 Å². The molecular formula is C28H31F3N6O2. The van der Waals surface area contributed by atoms with Gasteiger partial charge in [-0.2, -0.15) is 9.78 Å². The van der Waals surface area contributed by atoms with Crippen LogP contribution in [0.2, 0.25) is 0 Å². The van der Waals surface area contributed by atoms with Crippen LogP contribution in [0, 0.1) is 23.4 Å². The summed E-state index contributed by atoms with van der Waals surface area (Å²) >= 11 is 0. The van der Waals surface area contributed by atoms with Gasteiger partial charge < -0.3 is 10.2 Å².